The third kappa shape index (κ3) is 6.77. The number of furan rings is 1. The van der Waals surface area contributed by atoms with Gasteiger partial charge in [-0.2, -0.15) is 0 Å². The molecule has 1 N–H and O–H groups in total. The topological polar surface area (TPSA) is 93.5 Å². The molecule has 0 spiro atoms. The third-order valence-electron chi connectivity index (χ3n) is 7.30. The Balaban J connectivity index is 1.31. The summed E-state index contributed by atoms with van der Waals surface area (Å²) in [6.45, 7) is 3.82. The summed E-state index contributed by atoms with van der Waals surface area (Å²) in [5.74, 6) is 2.71. The molecule has 3 heterocycles. The van der Waals surface area contributed by atoms with Gasteiger partial charge in [-0.15, -0.1) is 0 Å². The fraction of sp³-hybridized carbons (Fsp3) is 0.571. The van der Waals surface area contributed by atoms with Crippen molar-refractivity contribution >= 4 is 11.9 Å². The van der Waals surface area contributed by atoms with E-state index in [1.54, 1.807) is 9.80 Å². The van der Waals surface area contributed by atoms with Gasteiger partial charge in [-0.05, 0) is 62.4 Å². The van der Waals surface area contributed by atoms with E-state index in [4.69, 9.17) is 18.6 Å². The quantitative estimate of drug-likeness (QED) is 0.538. The van der Waals surface area contributed by atoms with E-state index in [0.717, 1.165) is 49.8 Å². The van der Waals surface area contributed by atoms with E-state index in [0.29, 0.717) is 43.5 Å². The number of nitrogens with zero attached hydrogens (tertiary/aromatic N) is 2. The Kier molecular flexibility index (Phi) is 8.18. The van der Waals surface area contributed by atoms with E-state index in [1.807, 2.05) is 37.3 Å². The molecule has 1 unspecified atom stereocenters. The van der Waals surface area contributed by atoms with Gasteiger partial charge in [0.25, 0.3) is 0 Å². The second kappa shape index (κ2) is 11.9. The zero-order valence-electron chi connectivity index (χ0n) is 21.6. The first kappa shape index (κ1) is 25.4. The van der Waals surface area contributed by atoms with Crippen LogP contribution in [-0.2, 0) is 22.6 Å². The fourth-order valence-electron chi connectivity index (χ4n) is 5.28. The van der Waals surface area contributed by atoms with Crippen molar-refractivity contribution in [3.8, 4) is 11.5 Å². The Labute approximate surface area is 218 Å². The number of rotatable bonds is 9. The zero-order chi connectivity index (χ0) is 25.6. The zero-order valence-corrected chi connectivity index (χ0v) is 21.6. The number of amides is 3. The van der Waals surface area contributed by atoms with Gasteiger partial charge in [-0.25, -0.2) is 4.79 Å². The molecule has 1 saturated carbocycles. The normalized spacial score (nSPS) is 19.1. The number of fused-ring (bicyclic) bond motifs is 1. The molecule has 0 bridgehead atoms. The largest absolute Gasteiger partial charge is 0.464 e. The van der Waals surface area contributed by atoms with E-state index >= 15 is 0 Å². The standard InChI is InChI=1S/C28H37N3O6/c1-20-9-11-24(37-20)17-30(15-21-10-12-25-26(14-21)36-19-35-25)27(32)18-31(16-23-8-5-13-34-23)28(33)29-22-6-3-2-4-7-22/h9-12,14,22-23H,2-8,13,15-19H2,1H3,(H,29,33). The first-order valence-electron chi connectivity index (χ1n) is 13.4. The molecule has 3 aliphatic rings. The van der Waals surface area contributed by atoms with Crippen molar-refractivity contribution in [2.24, 2.45) is 0 Å². The SMILES string of the molecule is Cc1ccc(CN(Cc2ccc3c(c2)OCO3)C(=O)CN(CC2CCCO2)C(=O)NC2CCCCC2)o1. The maximum absolute atomic E-state index is 13.7. The molecule has 5 rings (SSSR count). The molecular formula is C28H37N3O6. The van der Waals surface area contributed by atoms with Crippen molar-refractivity contribution in [3.63, 3.8) is 0 Å². The van der Waals surface area contributed by atoms with Crippen LogP contribution in [0.25, 0.3) is 0 Å². The van der Waals surface area contributed by atoms with Crippen LogP contribution in [0.2, 0.25) is 0 Å². The third-order valence-corrected chi connectivity index (χ3v) is 7.30. The lowest BCUT2D eigenvalue weighted by Crippen LogP contribution is -2.51. The van der Waals surface area contributed by atoms with Gasteiger partial charge < -0.3 is 33.7 Å². The molecule has 2 fully saturated rings. The average molecular weight is 512 g/mol. The fourth-order valence-corrected chi connectivity index (χ4v) is 5.28. The maximum atomic E-state index is 13.7. The van der Waals surface area contributed by atoms with E-state index in [2.05, 4.69) is 5.32 Å². The summed E-state index contributed by atoms with van der Waals surface area (Å²) in [5.41, 5.74) is 0.915. The molecular weight excluding hydrogens is 474 g/mol. The molecule has 2 aromatic rings. The van der Waals surface area contributed by atoms with Crippen molar-refractivity contribution in [3.05, 3.63) is 47.4 Å². The monoisotopic (exact) mass is 511 g/mol. The lowest BCUT2D eigenvalue weighted by Gasteiger charge is -2.31. The van der Waals surface area contributed by atoms with Crippen molar-refractivity contribution < 1.29 is 28.2 Å². The predicted octanol–water partition coefficient (Wildman–Crippen LogP) is 4.37. The van der Waals surface area contributed by atoms with Crippen LogP contribution in [0.4, 0.5) is 4.79 Å². The number of aryl methyl sites for hydroxylation is 1. The highest BCUT2D eigenvalue weighted by Gasteiger charge is 2.28. The van der Waals surface area contributed by atoms with E-state index in [1.165, 1.54) is 6.42 Å². The summed E-state index contributed by atoms with van der Waals surface area (Å²) in [4.78, 5) is 30.4. The summed E-state index contributed by atoms with van der Waals surface area (Å²) in [7, 11) is 0. The molecule has 200 valence electrons. The van der Waals surface area contributed by atoms with E-state index < -0.39 is 0 Å². The highest BCUT2D eigenvalue weighted by Crippen LogP contribution is 2.33. The van der Waals surface area contributed by atoms with E-state index in [9.17, 15) is 9.59 Å². The number of urea groups is 1. The van der Waals surface area contributed by atoms with Crippen LogP contribution in [0.3, 0.4) is 0 Å². The van der Waals surface area contributed by atoms with Crippen LogP contribution < -0.4 is 14.8 Å². The molecule has 37 heavy (non-hydrogen) atoms. The van der Waals surface area contributed by atoms with Crippen molar-refractivity contribution in [1.29, 1.82) is 0 Å². The summed E-state index contributed by atoms with van der Waals surface area (Å²) in [6.07, 6.45) is 7.27. The number of hydrogen-bond donors (Lipinski definition) is 1. The maximum Gasteiger partial charge on any atom is 0.318 e. The second-order valence-electron chi connectivity index (χ2n) is 10.2. The van der Waals surface area contributed by atoms with Crippen LogP contribution in [0.1, 0.15) is 62.0 Å². The second-order valence-corrected chi connectivity index (χ2v) is 10.2. The van der Waals surface area contributed by atoms with Gasteiger partial charge in [0, 0.05) is 25.7 Å². The predicted molar refractivity (Wildman–Crippen MR) is 136 cm³/mol. The Morgan fingerprint density at radius 3 is 2.54 bits per heavy atom. The van der Waals surface area contributed by atoms with E-state index in [-0.39, 0.29) is 37.4 Å². The van der Waals surface area contributed by atoms with Crippen LogP contribution in [0.15, 0.2) is 34.7 Å². The van der Waals surface area contributed by atoms with Crippen LogP contribution >= 0.6 is 0 Å². The van der Waals surface area contributed by atoms with Crippen LogP contribution in [0.5, 0.6) is 11.5 Å². The lowest BCUT2D eigenvalue weighted by molar-refractivity contribution is -0.133. The number of nitrogens with one attached hydrogen (secondary N) is 1. The Bertz CT molecular complexity index is 1070. The summed E-state index contributed by atoms with van der Waals surface area (Å²) >= 11 is 0. The number of benzene rings is 1. The van der Waals surface area contributed by atoms with Crippen molar-refractivity contribution in [1.82, 2.24) is 15.1 Å². The summed E-state index contributed by atoms with van der Waals surface area (Å²) in [5, 5.41) is 3.18. The summed E-state index contributed by atoms with van der Waals surface area (Å²) < 4.78 is 22.6. The van der Waals surface area contributed by atoms with Gasteiger partial charge in [0.15, 0.2) is 11.5 Å². The Morgan fingerprint density at radius 1 is 0.946 bits per heavy atom. The smallest absolute Gasteiger partial charge is 0.318 e. The van der Waals surface area contributed by atoms with Crippen LogP contribution in [0, 0.1) is 6.92 Å². The van der Waals surface area contributed by atoms with Gasteiger partial charge in [0.1, 0.15) is 18.1 Å². The van der Waals surface area contributed by atoms with Crippen molar-refractivity contribution in [2.75, 3.05) is 26.5 Å². The summed E-state index contributed by atoms with van der Waals surface area (Å²) in [6, 6.07) is 9.44. The number of carbonyl (C=O) groups is 2. The van der Waals surface area contributed by atoms with Crippen molar-refractivity contribution in [2.45, 2.75) is 77.1 Å². The number of hydrogen-bond acceptors (Lipinski definition) is 6. The molecule has 1 saturated heterocycles. The van der Waals surface area contributed by atoms with Gasteiger partial charge >= 0.3 is 6.03 Å². The highest BCUT2D eigenvalue weighted by molar-refractivity contribution is 5.84. The number of carbonyl (C=O) groups excluding carboxylic acids is 2. The molecule has 1 atom stereocenters. The molecule has 9 nitrogen and oxygen atoms in total. The molecule has 1 aromatic carbocycles. The van der Waals surface area contributed by atoms with Gasteiger partial charge in [0.05, 0.1) is 12.6 Å². The van der Waals surface area contributed by atoms with Gasteiger partial charge in [0.2, 0.25) is 12.7 Å². The number of ether oxygens (including phenoxy) is 3. The lowest BCUT2D eigenvalue weighted by atomic mass is 9.96. The first-order chi connectivity index (χ1) is 18.0. The average Bonchev–Trinajstić information content (AvgIpc) is 3.66. The molecule has 2 aliphatic heterocycles. The minimum absolute atomic E-state index is 0.0251. The Morgan fingerprint density at radius 2 is 1.78 bits per heavy atom. The first-order valence-corrected chi connectivity index (χ1v) is 13.4. The van der Waals surface area contributed by atoms with Crippen LogP contribution in [-0.4, -0.2) is 60.4 Å². The minimum atomic E-state index is -0.187. The Hall–Kier alpha value is -3.20. The highest BCUT2D eigenvalue weighted by atomic mass is 16.7. The molecule has 1 aliphatic carbocycles. The minimum Gasteiger partial charge on any atom is -0.464 e. The molecule has 9 heteroatoms. The molecule has 1 aromatic heterocycles. The van der Waals surface area contributed by atoms with Gasteiger partial charge in [-0.1, -0.05) is 25.3 Å². The molecule has 3 amide bonds. The van der Waals surface area contributed by atoms with Gasteiger partial charge in [-0.3, -0.25) is 4.79 Å². The molecule has 0 radical (unpaired) electrons.